The first-order valence-corrected chi connectivity index (χ1v) is 10.0. The summed E-state index contributed by atoms with van der Waals surface area (Å²) in [5.41, 5.74) is 8.77. The molecule has 0 aliphatic heterocycles. The van der Waals surface area contributed by atoms with Crippen molar-refractivity contribution in [2.75, 3.05) is 0 Å². The number of fused-ring (bicyclic) bond motifs is 1. The van der Waals surface area contributed by atoms with Crippen LogP contribution < -0.4 is 0 Å². The number of benzene rings is 5. The lowest BCUT2D eigenvalue weighted by atomic mass is 9.91. The normalized spacial score (nSPS) is 10.9. The van der Waals surface area contributed by atoms with Gasteiger partial charge in [-0.05, 0) is 69.3 Å². The van der Waals surface area contributed by atoms with Gasteiger partial charge in [-0.15, -0.1) is 0 Å². The zero-order chi connectivity index (χ0) is 19.6. The molecule has 0 N–H and O–H groups in total. The number of rotatable bonds is 3. The average molecular weight is 370 g/mol. The molecule has 0 nitrogen and oxygen atoms in total. The van der Waals surface area contributed by atoms with Gasteiger partial charge in [0, 0.05) is 0 Å². The van der Waals surface area contributed by atoms with E-state index in [0.29, 0.717) is 0 Å². The van der Waals surface area contributed by atoms with E-state index in [9.17, 15) is 0 Å². The Bertz CT molecular complexity index is 1270. The van der Waals surface area contributed by atoms with E-state index in [4.69, 9.17) is 0 Å². The van der Waals surface area contributed by atoms with E-state index in [0.717, 1.165) is 0 Å². The first kappa shape index (κ1) is 17.5. The number of hydrogen-bond donors (Lipinski definition) is 0. The van der Waals surface area contributed by atoms with Gasteiger partial charge in [-0.25, -0.2) is 0 Å². The fourth-order valence-electron chi connectivity index (χ4n) is 3.97. The minimum absolute atomic E-state index is 1.24. The molecule has 0 fully saturated rings. The Kier molecular flexibility index (Phi) is 4.46. The summed E-state index contributed by atoms with van der Waals surface area (Å²) in [6.45, 7) is 2.13. The van der Waals surface area contributed by atoms with Gasteiger partial charge in [0.15, 0.2) is 0 Å². The van der Waals surface area contributed by atoms with Crippen molar-refractivity contribution >= 4 is 10.8 Å². The molecule has 5 aromatic carbocycles. The van der Waals surface area contributed by atoms with Gasteiger partial charge in [-0.1, -0.05) is 103 Å². The van der Waals surface area contributed by atoms with Gasteiger partial charge in [-0.3, -0.25) is 0 Å². The van der Waals surface area contributed by atoms with Gasteiger partial charge in [0.2, 0.25) is 0 Å². The molecule has 0 amide bonds. The van der Waals surface area contributed by atoms with Crippen LogP contribution >= 0.6 is 0 Å². The summed E-state index contributed by atoms with van der Waals surface area (Å²) >= 11 is 0. The van der Waals surface area contributed by atoms with Gasteiger partial charge in [0.1, 0.15) is 0 Å². The maximum atomic E-state index is 2.32. The third-order valence-corrected chi connectivity index (χ3v) is 5.53. The minimum Gasteiger partial charge on any atom is -0.0622 e. The summed E-state index contributed by atoms with van der Waals surface area (Å²) < 4.78 is 0. The van der Waals surface area contributed by atoms with Crippen LogP contribution in [0.4, 0.5) is 0 Å². The maximum Gasteiger partial charge on any atom is -0.0105 e. The van der Waals surface area contributed by atoms with E-state index in [1.807, 2.05) is 0 Å². The van der Waals surface area contributed by atoms with Crippen LogP contribution in [0, 0.1) is 6.92 Å². The van der Waals surface area contributed by atoms with Gasteiger partial charge in [0.25, 0.3) is 0 Å². The van der Waals surface area contributed by atoms with Crippen molar-refractivity contribution in [3.63, 3.8) is 0 Å². The molecular weight excluding hydrogens is 348 g/mol. The van der Waals surface area contributed by atoms with E-state index < -0.39 is 0 Å². The van der Waals surface area contributed by atoms with Crippen molar-refractivity contribution in [3.05, 3.63) is 121 Å². The van der Waals surface area contributed by atoms with Crippen LogP contribution in [-0.4, -0.2) is 0 Å². The number of hydrogen-bond acceptors (Lipinski definition) is 0. The molecule has 0 radical (unpaired) electrons. The summed E-state index contributed by atoms with van der Waals surface area (Å²) in [6.07, 6.45) is 0. The molecule has 0 heterocycles. The van der Waals surface area contributed by atoms with Crippen molar-refractivity contribution in [2.24, 2.45) is 0 Å². The molecule has 0 spiro atoms. The molecule has 0 unspecified atom stereocenters. The molecule has 0 heteroatoms. The lowest BCUT2D eigenvalue weighted by molar-refractivity contribution is 1.47. The van der Waals surface area contributed by atoms with Gasteiger partial charge >= 0.3 is 0 Å². The molecule has 0 atom stereocenters. The third-order valence-electron chi connectivity index (χ3n) is 5.53. The van der Waals surface area contributed by atoms with Crippen molar-refractivity contribution < 1.29 is 0 Å². The second-order valence-corrected chi connectivity index (χ2v) is 7.56. The Balaban J connectivity index is 1.76. The summed E-state index contributed by atoms with van der Waals surface area (Å²) in [6, 6.07) is 41.5. The summed E-state index contributed by atoms with van der Waals surface area (Å²) in [5.74, 6) is 0. The Labute approximate surface area is 172 Å². The monoisotopic (exact) mass is 370 g/mol. The van der Waals surface area contributed by atoms with Crippen LogP contribution in [0.15, 0.2) is 115 Å². The highest BCUT2D eigenvalue weighted by atomic mass is 14.1. The molecule has 0 bridgehead atoms. The molecule has 0 aromatic heterocycles. The van der Waals surface area contributed by atoms with Gasteiger partial charge < -0.3 is 0 Å². The molecule has 0 saturated heterocycles. The first-order chi connectivity index (χ1) is 14.3. The van der Waals surface area contributed by atoms with E-state index in [1.54, 1.807) is 0 Å². The first-order valence-electron chi connectivity index (χ1n) is 10.0. The van der Waals surface area contributed by atoms with Crippen LogP contribution in [0.25, 0.3) is 44.2 Å². The van der Waals surface area contributed by atoms with Gasteiger partial charge in [-0.2, -0.15) is 0 Å². The molecular formula is C29H22. The fourth-order valence-corrected chi connectivity index (χ4v) is 3.97. The topological polar surface area (TPSA) is 0 Å². The summed E-state index contributed by atoms with van der Waals surface area (Å²) in [4.78, 5) is 0. The molecule has 0 aliphatic carbocycles. The molecule has 5 rings (SSSR count). The smallest absolute Gasteiger partial charge is 0.0105 e. The minimum atomic E-state index is 1.24. The Hall–Kier alpha value is -3.64. The van der Waals surface area contributed by atoms with Crippen LogP contribution in [-0.2, 0) is 0 Å². The predicted molar refractivity (Wildman–Crippen MR) is 125 cm³/mol. The highest BCUT2D eigenvalue weighted by Gasteiger charge is 2.09. The van der Waals surface area contributed by atoms with Gasteiger partial charge in [0.05, 0.1) is 0 Å². The third kappa shape index (κ3) is 3.46. The zero-order valence-electron chi connectivity index (χ0n) is 16.5. The average Bonchev–Trinajstić information content (AvgIpc) is 2.79. The highest BCUT2D eigenvalue weighted by Crippen LogP contribution is 2.35. The van der Waals surface area contributed by atoms with E-state index in [-0.39, 0.29) is 0 Å². The molecule has 5 aromatic rings. The van der Waals surface area contributed by atoms with E-state index >= 15 is 0 Å². The second kappa shape index (κ2) is 7.41. The van der Waals surface area contributed by atoms with Crippen molar-refractivity contribution in [2.45, 2.75) is 6.92 Å². The van der Waals surface area contributed by atoms with Crippen molar-refractivity contribution in [1.29, 1.82) is 0 Å². The number of aryl methyl sites for hydroxylation is 1. The lowest BCUT2D eigenvalue weighted by Crippen LogP contribution is -1.87. The van der Waals surface area contributed by atoms with Crippen molar-refractivity contribution in [1.82, 2.24) is 0 Å². The molecule has 29 heavy (non-hydrogen) atoms. The Morgan fingerprint density at radius 3 is 1.76 bits per heavy atom. The standard InChI is InChI=1S/C29H22/c1-21-14-16-23(17-15-21)26-18-25(22-8-3-2-4-9-22)19-27(20-26)29-13-7-11-24-10-5-6-12-28(24)29/h2-20H,1H3. The zero-order valence-corrected chi connectivity index (χ0v) is 16.5. The Morgan fingerprint density at radius 2 is 1.00 bits per heavy atom. The molecule has 0 saturated carbocycles. The summed E-state index contributed by atoms with van der Waals surface area (Å²) in [5, 5.41) is 2.56. The molecule has 0 aliphatic rings. The fraction of sp³-hybridized carbons (Fsp3) is 0.0345. The highest BCUT2D eigenvalue weighted by molar-refractivity contribution is 5.98. The SMILES string of the molecule is Cc1ccc(-c2cc(-c3ccccc3)cc(-c3cccc4ccccc34)c2)cc1. The predicted octanol–water partition coefficient (Wildman–Crippen LogP) is 8.15. The van der Waals surface area contributed by atoms with Crippen LogP contribution in [0.3, 0.4) is 0 Å². The quantitative estimate of drug-likeness (QED) is 0.300. The van der Waals surface area contributed by atoms with Crippen LogP contribution in [0.5, 0.6) is 0 Å². The maximum absolute atomic E-state index is 2.32. The lowest BCUT2D eigenvalue weighted by Gasteiger charge is -2.13. The largest absolute Gasteiger partial charge is 0.0622 e. The van der Waals surface area contributed by atoms with Crippen molar-refractivity contribution in [3.8, 4) is 33.4 Å². The van der Waals surface area contributed by atoms with Crippen LogP contribution in [0.1, 0.15) is 5.56 Å². The Morgan fingerprint density at radius 1 is 0.414 bits per heavy atom. The molecule has 138 valence electrons. The van der Waals surface area contributed by atoms with Crippen LogP contribution in [0.2, 0.25) is 0 Å². The second-order valence-electron chi connectivity index (χ2n) is 7.56. The van der Waals surface area contributed by atoms with E-state index in [2.05, 4.69) is 122 Å². The van der Waals surface area contributed by atoms with E-state index in [1.165, 1.54) is 49.7 Å². The summed E-state index contributed by atoms with van der Waals surface area (Å²) in [7, 11) is 0.